The number of amides is 2. The highest BCUT2D eigenvalue weighted by Gasteiger charge is 2.35. The Morgan fingerprint density at radius 2 is 1.83 bits per heavy atom. The van der Waals surface area contributed by atoms with Crippen LogP contribution >= 0.6 is 27.7 Å². The number of hydrogen-bond donors (Lipinski definition) is 0. The van der Waals surface area contributed by atoms with E-state index in [9.17, 15) is 9.59 Å². The first-order valence-corrected chi connectivity index (χ1v) is 12.8. The lowest BCUT2D eigenvalue weighted by Gasteiger charge is -2.14. The summed E-state index contributed by atoms with van der Waals surface area (Å²) in [5.74, 6) is 0.717. The van der Waals surface area contributed by atoms with Crippen LogP contribution in [-0.4, -0.2) is 28.1 Å². The maximum atomic E-state index is 13.2. The van der Waals surface area contributed by atoms with Crippen molar-refractivity contribution in [1.29, 1.82) is 0 Å². The average molecular weight is 561 g/mol. The van der Waals surface area contributed by atoms with Crippen LogP contribution in [0.25, 0.3) is 16.8 Å². The monoisotopic (exact) mass is 560 g/mol. The van der Waals surface area contributed by atoms with Crippen molar-refractivity contribution < 1.29 is 19.1 Å². The van der Waals surface area contributed by atoms with Gasteiger partial charge in [-0.05, 0) is 79.9 Å². The summed E-state index contributed by atoms with van der Waals surface area (Å²) in [6.45, 7) is 0.499. The Bertz CT molecular complexity index is 1480. The number of pyridine rings is 1. The molecule has 0 radical (unpaired) electrons. The normalized spacial score (nSPS) is 14.6. The Hall–Kier alpha value is -3.62. The second kappa shape index (κ2) is 10.6. The third-order valence-corrected chi connectivity index (χ3v) is 7.22. The molecule has 1 saturated heterocycles. The van der Waals surface area contributed by atoms with Crippen LogP contribution in [0.3, 0.4) is 0 Å². The fraction of sp³-hybridized carbons (Fsp3) is 0.107. The summed E-state index contributed by atoms with van der Waals surface area (Å²) in [4.78, 5) is 31.8. The van der Waals surface area contributed by atoms with Crippen molar-refractivity contribution in [2.75, 3.05) is 7.11 Å². The number of carbonyl (C=O) groups is 2. The van der Waals surface area contributed by atoms with Crippen LogP contribution in [0.2, 0.25) is 0 Å². The Morgan fingerprint density at radius 3 is 2.64 bits per heavy atom. The van der Waals surface area contributed by atoms with Gasteiger partial charge in [0.2, 0.25) is 0 Å². The number of thioether (sulfide) groups is 1. The lowest BCUT2D eigenvalue weighted by Crippen LogP contribution is -2.27. The fourth-order valence-corrected chi connectivity index (χ4v) is 5.39. The molecule has 5 rings (SSSR count). The first kappa shape index (κ1) is 24.1. The van der Waals surface area contributed by atoms with E-state index in [1.165, 1.54) is 4.90 Å². The molecular formula is C28H21BrN2O4S. The number of ether oxygens (including phenoxy) is 2. The molecule has 3 aromatic carbocycles. The van der Waals surface area contributed by atoms with Crippen LogP contribution in [0.5, 0.6) is 11.5 Å². The third-order valence-electron chi connectivity index (χ3n) is 5.72. The van der Waals surface area contributed by atoms with Gasteiger partial charge >= 0.3 is 0 Å². The first-order valence-electron chi connectivity index (χ1n) is 11.2. The van der Waals surface area contributed by atoms with E-state index in [-0.39, 0.29) is 24.3 Å². The summed E-state index contributed by atoms with van der Waals surface area (Å²) < 4.78 is 12.1. The minimum Gasteiger partial charge on any atom is -0.493 e. The second-order valence-electron chi connectivity index (χ2n) is 8.05. The number of rotatable bonds is 7. The zero-order chi connectivity index (χ0) is 25.1. The molecule has 1 fully saturated rings. The summed E-state index contributed by atoms with van der Waals surface area (Å²) in [7, 11) is 1.55. The van der Waals surface area contributed by atoms with Crippen molar-refractivity contribution >= 4 is 55.7 Å². The zero-order valence-corrected chi connectivity index (χ0v) is 21.7. The maximum absolute atomic E-state index is 13.2. The Kier molecular flexibility index (Phi) is 7.06. The molecule has 36 heavy (non-hydrogen) atoms. The van der Waals surface area contributed by atoms with Gasteiger partial charge < -0.3 is 9.47 Å². The van der Waals surface area contributed by atoms with E-state index in [2.05, 4.69) is 20.9 Å². The summed E-state index contributed by atoms with van der Waals surface area (Å²) in [5.41, 5.74) is 2.42. The van der Waals surface area contributed by atoms with Gasteiger partial charge in [-0.15, -0.1) is 0 Å². The highest BCUT2D eigenvalue weighted by atomic mass is 79.9. The lowest BCUT2D eigenvalue weighted by atomic mass is 10.0. The number of halogens is 1. The third kappa shape index (κ3) is 5.01. The number of fused-ring (bicyclic) bond motifs is 1. The van der Waals surface area contributed by atoms with Gasteiger partial charge in [0.25, 0.3) is 11.1 Å². The number of imide groups is 1. The zero-order valence-electron chi connectivity index (χ0n) is 19.3. The molecule has 0 aliphatic carbocycles. The van der Waals surface area contributed by atoms with Gasteiger partial charge in [-0.3, -0.25) is 19.5 Å². The van der Waals surface area contributed by atoms with Gasteiger partial charge in [0.1, 0.15) is 6.61 Å². The van der Waals surface area contributed by atoms with Crippen LogP contribution in [0.4, 0.5) is 4.79 Å². The molecule has 1 aliphatic heterocycles. The standard InChI is InChI=1S/C28H21BrN2O4S/c1-34-24-14-18(13-23(29)26(24)35-17-21-10-4-5-12-30-21)15-25-27(32)31(28(33)36-25)16-20-9-6-8-19-7-2-3-11-22(19)20/h2-15H,16-17H2,1H3/b25-15+. The quantitative estimate of drug-likeness (QED) is 0.231. The fourth-order valence-electron chi connectivity index (χ4n) is 3.98. The molecular weight excluding hydrogens is 540 g/mol. The number of hydrogen-bond acceptors (Lipinski definition) is 6. The van der Waals surface area contributed by atoms with Gasteiger partial charge in [-0.1, -0.05) is 48.5 Å². The highest BCUT2D eigenvalue weighted by molar-refractivity contribution is 9.10. The van der Waals surface area contributed by atoms with E-state index in [1.54, 1.807) is 25.4 Å². The van der Waals surface area contributed by atoms with Crippen LogP contribution in [0, 0.1) is 0 Å². The summed E-state index contributed by atoms with van der Waals surface area (Å²) in [5, 5.41) is 1.80. The molecule has 0 saturated carbocycles. The van der Waals surface area contributed by atoms with Crippen LogP contribution in [0.15, 0.2) is 88.4 Å². The second-order valence-corrected chi connectivity index (χ2v) is 9.90. The molecule has 0 atom stereocenters. The lowest BCUT2D eigenvalue weighted by molar-refractivity contribution is -0.123. The molecule has 2 amide bonds. The summed E-state index contributed by atoms with van der Waals surface area (Å²) in [6.07, 6.45) is 3.41. The molecule has 0 N–H and O–H groups in total. The summed E-state index contributed by atoms with van der Waals surface area (Å²) >= 11 is 4.48. The van der Waals surface area contributed by atoms with Crippen LogP contribution in [-0.2, 0) is 17.9 Å². The number of methoxy groups -OCH3 is 1. The van der Waals surface area contributed by atoms with Gasteiger partial charge in [-0.25, -0.2) is 0 Å². The SMILES string of the molecule is COc1cc(/C=C2/SC(=O)N(Cc3cccc4ccccc34)C2=O)cc(Br)c1OCc1ccccn1. The molecule has 1 aliphatic rings. The molecule has 0 spiro atoms. The topological polar surface area (TPSA) is 68.7 Å². The minimum atomic E-state index is -0.316. The first-order chi connectivity index (χ1) is 17.5. The molecule has 8 heteroatoms. The molecule has 2 heterocycles. The van der Waals surface area contributed by atoms with Crippen molar-refractivity contribution in [3.05, 3.63) is 105 Å². The van der Waals surface area contributed by atoms with Gasteiger partial charge in [-0.2, -0.15) is 0 Å². The molecule has 0 bridgehead atoms. The molecule has 4 aromatic rings. The van der Waals surface area contributed by atoms with E-state index in [0.29, 0.717) is 26.4 Å². The largest absolute Gasteiger partial charge is 0.493 e. The van der Waals surface area contributed by atoms with Gasteiger partial charge in [0, 0.05) is 6.20 Å². The Morgan fingerprint density at radius 1 is 1.03 bits per heavy atom. The number of benzene rings is 3. The highest BCUT2D eigenvalue weighted by Crippen LogP contribution is 2.40. The van der Waals surface area contributed by atoms with Crippen molar-refractivity contribution in [2.24, 2.45) is 0 Å². The van der Waals surface area contributed by atoms with E-state index in [4.69, 9.17) is 9.47 Å². The maximum Gasteiger partial charge on any atom is 0.293 e. The van der Waals surface area contributed by atoms with E-state index < -0.39 is 0 Å². The summed E-state index contributed by atoms with van der Waals surface area (Å²) in [6, 6.07) is 23.1. The predicted molar refractivity (Wildman–Crippen MR) is 145 cm³/mol. The van der Waals surface area contributed by atoms with Gasteiger partial charge in [0.05, 0.1) is 28.7 Å². The van der Waals surface area contributed by atoms with E-state index in [1.807, 2.05) is 66.7 Å². The number of aromatic nitrogens is 1. The van der Waals surface area contributed by atoms with E-state index in [0.717, 1.165) is 33.8 Å². The van der Waals surface area contributed by atoms with Crippen LogP contribution < -0.4 is 9.47 Å². The molecule has 1 aromatic heterocycles. The average Bonchev–Trinajstić information content (AvgIpc) is 3.15. The van der Waals surface area contributed by atoms with E-state index >= 15 is 0 Å². The van der Waals surface area contributed by atoms with Crippen molar-refractivity contribution in [3.63, 3.8) is 0 Å². The van der Waals surface area contributed by atoms with Crippen molar-refractivity contribution in [3.8, 4) is 11.5 Å². The predicted octanol–water partition coefficient (Wildman–Crippen LogP) is 6.82. The number of nitrogens with zero attached hydrogens (tertiary/aromatic N) is 2. The minimum absolute atomic E-state index is 0.219. The molecule has 0 unspecified atom stereocenters. The molecule has 180 valence electrons. The Balaban J connectivity index is 1.37. The van der Waals surface area contributed by atoms with Crippen molar-refractivity contribution in [1.82, 2.24) is 9.88 Å². The molecule has 6 nitrogen and oxygen atoms in total. The smallest absolute Gasteiger partial charge is 0.293 e. The van der Waals surface area contributed by atoms with Crippen LogP contribution in [0.1, 0.15) is 16.8 Å². The Labute approximate surface area is 221 Å². The number of carbonyl (C=O) groups excluding carboxylic acids is 2. The van der Waals surface area contributed by atoms with Crippen molar-refractivity contribution in [2.45, 2.75) is 13.2 Å². The van der Waals surface area contributed by atoms with Gasteiger partial charge in [0.15, 0.2) is 11.5 Å².